The molecule has 0 aliphatic heterocycles. The van der Waals surface area contributed by atoms with Crippen LogP contribution in [-0.2, 0) is 0 Å². The summed E-state index contributed by atoms with van der Waals surface area (Å²) in [6.07, 6.45) is 1.49. The first-order chi connectivity index (χ1) is 14.1. The van der Waals surface area contributed by atoms with Crippen molar-refractivity contribution in [3.8, 4) is 27.7 Å². The van der Waals surface area contributed by atoms with E-state index in [4.69, 9.17) is 19.9 Å². The average molecular weight is 411 g/mol. The number of rotatable bonds is 7. The largest absolute Gasteiger partial charge is 0.493 e. The third kappa shape index (κ3) is 4.49. The van der Waals surface area contributed by atoms with E-state index in [1.165, 1.54) is 38.9 Å². The third-order valence-corrected chi connectivity index (χ3v) is 5.14. The topological polar surface area (TPSA) is 95.2 Å². The van der Waals surface area contributed by atoms with E-state index in [9.17, 15) is 4.79 Å². The molecule has 1 heterocycles. The number of nitrogens with zero attached hydrogens (tertiary/aromatic N) is 1. The molecule has 0 radical (unpaired) electrons. The van der Waals surface area contributed by atoms with Gasteiger partial charge in [-0.3, -0.25) is 4.79 Å². The maximum absolute atomic E-state index is 12.5. The van der Waals surface area contributed by atoms with Crippen LogP contribution in [0, 0.1) is 0 Å². The number of methoxy groups -OCH3 is 3. The SMILES string of the molecule is COc1cc(/C=N/NC(=O)c2cc(-c3ccccc3)sc2N)cc(OC)c1OC. The second-order valence-corrected chi connectivity index (χ2v) is 7.00. The van der Waals surface area contributed by atoms with Gasteiger partial charge in [-0.2, -0.15) is 5.10 Å². The Labute approximate surface area is 172 Å². The van der Waals surface area contributed by atoms with E-state index in [-0.39, 0.29) is 5.91 Å². The molecule has 29 heavy (non-hydrogen) atoms. The van der Waals surface area contributed by atoms with Gasteiger partial charge >= 0.3 is 0 Å². The first-order valence-electron chi connectivity index (χ1n) is 8.65. The zero-order chi connectivity index (χ0) is 20.8. The lowest BCUT2D eigenvalue weighted by Gasteiger charge is -2.12. The van der Waals surface area contributed by atoms with Gasteiger partial charge in [-0.05, 0) is 23.8 Å². The molecule has 7 nitrogen and oxygen atoms in total. The van der Waals surface area contributed by atoms with Crippen LogP contribution in [0.1, 0.15) is 15.9 Å². The normalized spacial score (nSPS) is 10.7. The second kappa shape index (κ2) is 9.11. The molecule has 0 bridgehead atoms. The van der Waals surface area contributed by atoms with E-state index >= 15 is 0 Å². The van der Waals surface area contributed by atoms with Crippen molar-refractivity contribution in [3.63, 3.8) is 0 Å². The van der Waals surface area contributed by atoms with Gasteiger partial charge in [-0.25, -0.2) is 5.43 Å². The zero-order valence-corrected chi connectivity index (χ0v) is 17.1. The molecule has 0 aliphatic carbocycles. The standard InChI is InChI=1S/C21H21N3O4S/c1-26-16-9-13(10-17(27-2)19(16)28-3)12-23-24-21(25)15-11-18(29-20(15)22)14-7-5-4-6-8-14/h4-12H,22H2,1-3H3,(H,24,25)/b23-12+. The summed E-state index contributed by atoms with van der Waals surface area (Å²) in [6, 6.07) is 15.0. The van der Waals surface area contributed by atoms with Gasteiger partial charge in [0.15, 0.2) is 11.5 Å². The van der Waals surface area contributed by atoms with E-state index in [0.717, 1.165) is 10.4 Å². The summed E-state index contributed by atoms with van der Waals surface area (Å²) in [5.41, 5.74) is 10.6. The zero-order valence-electron chi connectivity index (χ0n) is 16.3. The summed E-state index contributed by atoms with van der Waals surface area (Å²) in [5, 5.41) is 4.45. The lowest BCUT2D eigenvalue weighted by Crippen LogP contribution is -2.18. The predicted octanol–water partition coefficient (Wildman–Crippen LogP) is 3.79. The molecule has 1 amide bonds. The number of carbonyl (C=O) groups excluding carboxylic acids is 1. The third-order valence-electron chi connectivity index (χ3n) is 4.13. The summed E-state index contributed by atoms with van der Waals surface area (Å²) in [5.74, 6) is 1.09. The molecule has 0 aliphatic rings. The highest BCUT2D eigenvalue weighted by Crippen LogP contribution is 2.37. The predicted molar refractivity (Wildman–Crippen MR) is 115 cm³/mol. The molecule has 0 spiro atoms. The van der Waals surface area contributed by atoms with Crippen molar-refractivity contribution in [1.82, 2.24) is 5.43 Å². The quantitative estimate of drug-likeness (QED) is 0.456. The number of benzene rings is 2. The lowest BCUT2D eigenvalue weighted by molar-refractivity contribution is 0.0956. The molecule has 0 atom stereocenters. The van der Waals surface area contributed by atoms with Crippen LogP contribution in [0.15, 0.2) is 53.6 Å². The van der Waals surface area contributed by atoms with Crippen molar-refractivity contribution in [2.75, 3.05) is 27.1 Å². The Morgan fingerprint density at radius 2 is 1.69 bits per heavy atom. The van der Waals surface area contributed by atoms with Gasteiger partial charge in [0.25, 0.3) is 5.91 Å². The van der Waals surface area contributed by atoms with Gasteiger partial charge < -0.3 is 19.9 Å². The van der Waals surface area contributed by atoms with E-state index in [1.54, 1.807) is 18.2 Å². The van der Waals surface area contributed by atoms with Gasteiger partial charge in [0.2, 0.25) is 5.75 Å². The van der Waals surface area contributed by atoms with Crippen molar-refractivity contribution in [2.24, 2.45) is 5.10 Å². The fourth-order valence-electron chi connectivity index (χ4n) is 2.73. The summed E-state index contributed by atoms with van der Waals surface area (Å²) in [7, 11) is 4.59. The van der Waals surface area contributed by atoms with Crippen LogP contribution >= 0.6 is 11.3 Å². The molecule has 0 fully saturated rings. The molecular formula is C21H21N3O4S. The highest BCUT2D eigenvalue weighted by molar-refractivity contribution is 7.19. The van der Waals surface area contributed by atoms with Gasteiger partial charge in [-0.1, -0.05) is 30.3 Å². The van der Waals surface area contributed by atoms with Crippen molar-refractivity contribution >= 4 is 28.5 Å². The van der Waals surface area contributed by atoms with Crippen LogP contribution in [0.3, 0.4) is 0 Å². The van der Waals surface area contributed by atoms with Crippen LogP contribution < -0.4 is 25.4 Å². The highest BCUT2D eigenvalue weighted by Gasteiger charge is 2.15. The van der Waals surface area contributed by atoms with Gasteiger partial charge in [-0.15, -0.1) is 11.3 Å². The number of hydrazone groups is 1. The molecule has 3 aromatic rings. The Balaban J connectivity index is 1.76. The molecule has 8 heteroatoms. The number of thiophene rings is 1. The first kappa shape index (κ1) is 20.2. The molecule has 150 valence electrons. The maximum atomic E-state index is 12.5. The molecule has 3 N–H and O–H groups in total. The van der Waals surface area contributed by atoms with Crippen LogP contribution in [0.25, 0.3) is 10.4 Å². The van der Waals surface area contributed by atoms with Crippen molar-refractivity contribution in [3.05, 3.63) is 59.7 Å². The average Bonchev–Trinajstić information content (AvgIpc) is 3.15. The Hall–Kier alpha value is -3.52. The van der Waals surface area contributed by atoms with Crippen LogP contribution in [-0.4, -0.2) is 33.5 Å². The minimum absolute atomic E-state index is 0.385. The number of ether oxygens (including phenoxy) is 3. The molecule has 2 aromatic carbocycles. The number of anilines is 1. The highest BCUT2D eigenvalue weighted by atomic mass is 32.1. The summed E-state index contributed by atoms with van der Waals surface area (Å²) >= 11 is 1.36. The Morgan fingerprint density at radius 3 is 2.28 bits per heavy atom. The Morgan fingerprint density at radius 1 is 1.03 bits per heavy atom. The minimum atomic E-state index is -0.385. The van der Waals surface area contributed by atoms with Crippen molar-refractivity contribution in [2.45, 2.75) is 0 Å². The summed E-state index contributed by atoms with van der Waals surface area (Å²) in [6.45, 7) is 0. The smallest absolute Gasteiger partial charge is 0.274 e. The monoisotopic (exact) mass is 411 g/mol. The van der Waals surface area contributed by atoms with Gasteiger partial charge in [0.05, 0.1) is 38.1 Å². The number of amides is 1. The number of hydrogen-bond acceptors (Lipinski definition) is 7. The maximum Gasteiger partial charge on any atom is 0.274 e. The number of hydrogen-bond donors (Lipinski definition) is 2. The van der Waals surface area contributed by atoms with Gasteiger partial charge in [0, 0.05) is 10.4 Å². The van der Waals surface area contributed by atoms with Crippen LogP contribution in [0.4, 0.5) is 5.00 Å². The fourth-order valence-corrected chi connectivity index (χ4v) is 3.66. The van der Waals surface area contributed by atoms with Crippen LogP contribution in [0.2, 0.25) is 0 Å². The number of nitrogens with one attached hydrogen (secondary N) is 1. The molecular weight excluding hydrogens is 390 g/mol. The molecule has 1 aromatic heterocycles. The number of carbonyl (C=O) groups is 1. The van der Waals surface area contributed by atoms with E-state index < -0.39 is 0 Å². The first-order valence-corrected chi connectivity index (χ1v) is 9.47. The van der Waals surface area contributed by atoms with E-state index in [2.05, 4.69) is 10.5 Å². The molecule has 0 unspecified atom stereocenters. The summed E-state index contributed by atoms with van der Waals surface area (Å²) < 4.78 is 15.9. The second-order valence-electron chi connectivity index (χ2n) is 5.91. The van der Waals surface area contributed by atoms with E-state index in [0.29, 0.717) is 33.4 Å². The Kier molecular flexibility index (Phi) is 6.36. The number of nitrogens with two attached hydrogens (primary N) is 1. The summed E-state index contributed by atoms with van der Waals surface area (Å²) in [4.78, 5) is 13.4. The lowest BCUT2D eigenvalue weighted by atomic mass is 10.1. The van der Waals surface area contributed by atoms with Crippen molar-refractivity contribution in [1.29, 1.82) is 0 Å². The van der Waals surface area contributed by atoms with Crippen molar-refractivity contribution < 1.29 is 19.0 Å². The van der Waals surface area contributed by atoms with E-state index in [1.807, 2.05) is 30.3 Å². The Bertz CT molecular complexity index is 1010. The van der Waals surface area contributed by atoms with Gasteiger partial charge in [0.1, 0.15) is 0 Å². The molecule has 3 rings (SSSR count). The molecule has 0 saturated carbocycles. The number of nitrogen functional groups attached to an aromatic ring is 1. The fraction of sp³-hybridized carbons (Fsp3) is 0.143. The molecule has 0 saturated heterocycles. The minimum Gasteiger partial charge on any atom is -0.493 e. The van der Waals surface area contributed by atoms with Crippen LogP contribution in [0.5, 0.6) is 17.2 Å².